The van der Waals surface area contributed by atoms with Gasteiger partial charge in [-0.2, -0.15) is 0 Å². The lowest BCUT2D eigenvalue weighted by Crippen LogP contribution is -2.10. The van der Waals surface area contributed by atoms with Crippen LogP contribution in [0.2, 0.25) is 0 Å². The Hall–Kier alpha value is -7.88. The normalized spacial score (nSPS) is 12.7. The van der Waals surface area contributed by atoms with Gasteiger partial charge >= 0.3 is 0 Å². The fraction of sp³-hybridized carbons (Fsp3) is 0. The zero-order valence-corrected chi connectivity index (χ0v) is 31.7. The standard InChI is InChI=1S/C56H35NO2/c1-3-15-45-38(10-1)12-8-18-46(45)42-14-7-13-40(34-42)36-22-28-43(29-23-36)57(51-19-9-21-53-55(51)50-33-26-39-11-2-4-16-47(39)56(50)59-53)44-30-24-37(25-31-44)41-27-32-49-48-17-5-6-20-52(48)58-54(49)35-41/h1-35H/i24D,25D,30D,31D. The maximum atomic E-state index is 9.70. The van der Waals surface area contributed by atoms with Crippen molar-refractivity contribution in [2.45, 2.75) is 0 Å². The van der Waals surface area contributed by atoms with Gasteiger partial charge in [0.25, 0.3) is 0 Å². The van der Waals surface area contributed by atoms with Gasteiger partial charge in [0.1, 0.15) is 22.3 Å². The molecule has 0 N–H and O–H groups in total. The number of nitrogens with zero attached hydrogens (tertiary/aromatic N) is 1. The first kappa shape index (κ1) is 29.4. The van der Waals surface area contributed by atoms with Crippen LogP contribution in [-0.2, 0) is 0 Å². The molecule has 0 atom stereocenters. The number of furan rings is 2. The molecule has 2 aromatic heterocycles. The molecule has 12 rings (SSSR count). The zero-order valence-electron chi connectivity index (χ0n) is 35.7. The van der Waals surface area contributed by atoms with Gasteiger partial charge in [0, 0.05) is 32.9 Å². The van der Waals surface area contributed by atoms with E-state index in [1.807, 2.05) is 89.8 Å². The van der Waals surface area contributed by atoms with Gasteiger partial charge in [-0.25, -0.2) is 0 Å². The predicted molar refractivity (Wildman–Crippen MR) is 247 cm³/mol. The first-order valence-electron chi connectivity index (χ1n) is 21.7. The fourth-order valence-corrected chi connectivity index (χ4v) is 8.70. The molecule has 0 spiro atoms. The summed E-state index contributed by atoms with van der Waals surface area (Å²) in [5.74, 6) is 0. The second-order valence-corrected chi connectivity index (χ2v) is 14.9. The molecule has 0 aliphatic carbocycles. The third-order valence-corrected chi connectivity index (χ3v) is 11.5. The zero-order chi connectivity index (χ0) is 42.3. The summed E-state index contributed by atoms with van der Waals surface area (Å²) in [6.07, 6.45) is 0. The summed E-state index contributed by atoms with van der Waals surface area (Å²) in [4.78, 5) is 1.86. The Morgan fingerprint density at radius 3 is 1.85 bits per heavy atom. The molecule has 0 aliphatic heterocycles. The molecule has 10 aromatic carbocycles. The SMILES string of the molecule is [2H]c1c([2H])c(N(c2ccc(-c3cccc(-c4cccc5ccccc45)c3)cc2)c2cccc3oc4c5ccccc5ccc4c23)c([2H])c([2H])c1-c1ccc2c(c1)oc1ccccc12. The van der Waals surface area contributed by atoms with E-state index in [2.05, 4.69) is 103 Å². The maximum absolute atomic E-state index is 9.70. The van der Waals surface area contributed by atoms with Gasteiger partial charge < -0.3 is 13.7 Å². The average Bonchev–Trinajstić information content (AvgIpc) is 3.91. The molecular weight excluding hydrogens is 719 g/mol. The van der Waals surface area contributed by atoms with Crippen LogP contribution < -0.4 is 4.90 Å². The van der Waals surface area contributed by atoms with Crippen LogP contribution in [0, 0.1) is 0 Å². The minimum Gasteiger partial charge on any atom is -0.456 e. The van der Waals surface area contributed by atoms with E-state index in [9.17, 15) is 5.48 Å². The van der Waals surface area contributed by atoms with Crippen LogP contribution in [0.4, 0.5) is 17.1 Å². The molecule has 0 bridgehead atoms. The summed E-state index contributed by atoms with van der Waals surface area (Å²) in [5.41, 5.74) is 9.29. The number of hydrogen-bond donors (Lipinski definition) is 0. The number of fused-ring (bicyclic) bond motifs is 9. The van der Waals surface area contributed by atoms with Crippen molar-refractivity contribution >= 4 is 82.5 Å². The van der Waals surface area contributed by atoms with Crippen LogP contribution in [0.3, 0.4) is 0 Å². The van der Waals surface area contributed by atoms with Crippen LogP contribution in [0.15, 0.2) is 221 Å². The molecule has 0 amide bonds. The number of hydrogen-bond acceptors (Lipinski definition) is 3. The summed E-state index contributed by atoms with van der Waals surface area (Å²) < 4.78 is 51.3. The van der Waals surface area contributed by atoms with Crippen LogP contribution in [-0.4, -0.2) is 0 Å². The number of anilines is 3. The maximum Gasteiger partial charge on any atom is 0.143 e. The Morgan fingerprint density at radius 1 is 0.356 bits per heavy atom. The molecule has 0 saturated heterocycles. The van der Waals surface area contributed by atoms with E-state index in [-0.39, 0.29) is 35.4 Å². The van der Waals surface area contributed by atoms with Crippen molar-refractivity contribution in [1.29, 1.82) is 0 Å². The number of rotatable bonds is 6. The van der Waals surface area contributed by atoms with Crippen molar-refractivity contribution in [3.63, 3.8) is 0 Å². The molecule has 0 radical (unpaired) electrons. The van der Waals surface area contributed by atoms with E-state index in [0.29, 0.717) is 28.1 Å². The first-order valence-corrected chi connectivity index (χ1v) is 19.7. The van der Waals surface area contributed by atoms with Crippen molar-refractivity contribution in [1.82, 2.24) is 0 Å². The molecule has 3 nitrogen and oxygen atoms in total. The first-order chi connectivity index (χ1) is 30.9. The van der Waals surface area contributed by atoms with Gasteiger partial charge in [0.15, 0.2) is 0 Å². The van der Waals surface area contributed by atoms with Gasteiger partial charge in [0.05, 0.1) is 16.6 Å². The Labute approximate surface area is 346 Å². The number of benzene rings is 10. The van der Waals surface area contributed by atoms with E-state index >= 15 is 0 Å². The van der Waals surface area contributed by atoms with E-state index in [1.54, 1.807) is 0 Å². The second-order valence-electron chi connectivity index (χ2n) is 14.9. The molecule has 276 valence electrons. The highest BCUT2D eigenvalue weighted by atomic mass is 16.3. The molecule has 3 heteroatoms. The molecular formula is C56H35NO2. The highest BCUT2D eigenvalue weighted by Crippen LogP contribution is 2.45. The van der Waals surface area contributed by atoms with Gasteiger partial charge in [-0.3, -0.25) is 0 Å². The molecule has 0 saturated carbocycles. The summed E-state index contributed by atoms with van der Waals surface area (Å²) in [6, 6.07) is 62.3. The lowest BCUT2D eigenvalue weighted by Gasteiger charge is -2.26. The van der Waals surface area contributed by atoms with Gasteiger partial charge in [0.2, 0.25) is 0 Å². The summed E-state index contributed by atoms with van der Waals surface area (Å²) in [7, 11) is 0. The smallest absolute Gasteiger partial charge is 0.143 e. The molecule has 12 aromatic rings. The van der Waals surface area contributed by atoms with E-state index in [4.69, 9.17) is 8.83 Å². The van der Waals surface area contributed by atoms with Crippen LogP contribution >= 0.6 is 0 Å². The molecule has 59 heavy (non-hydrogen) atoms. The minimum absolute atomic E-state index is 0.131. The lowest BCUT2D eigenvalue weighted by atomic mass is 9.95. The monoisotopic (exact) mass is 757 g/mol. The third-order valence-electron chi connectivity index (χ3n) is 11.5. The lowest BCUT2D eigenvalue weighted by molar-refractivity contribution is 0.669. The van der Waals surface area contributed by atoms with Crippen molar-refractivity contribution in [3.8, 4) is 33.4 Å². The highest BCUT2D eigenvalue weighted by Gasteiger charge is 2.21. The van der Waals surface area contributed by atoms with Gasteiger partial charge in [-0.05, 0) is 116 Å². The second kappa shape index (κ2) is 13.4. The predicted octanol–water partition coefficient (Wildman–Crippen LogP) is 16.3. The molecule has 0 unspecified atom stereocenters. The quantitative estimate of drug-likeness (QED) is 0.169. The van der Waals surface area contributed by atoms with Crippen molar-refractivity contribution < 1.29 is 14.3 Å². The van der Waals surface area contributed by atoms with E-state index in [1.165, 1.54) is 10.8 Å². The summed E-state index contributed by atoms with van der Waals surface area (Å²) in [6.45, 7) is 0. The van der Waals surface area contributed by atoms with Crippen molar-refractivity contribution in [2.24, 2.45) is 0 Å². The largest absolute Gasteiger partial charge is 0.456 e. The van der Waals surface area contributed by atoms with Gasteiger partial charge in [-0.15, -0.1) is 0 Å². The van der Waals surface area contributed by atoms with E-state index in [0.717, 1.165) is 65.7 Å². The molecule has 0 aliphatic rings. The topological polar surface area (TPSA) is 29.5 Å². The van der Waals surface area contributed by atoms with E-state index < -0.39 is 0 Å². The average molecular weight is 758 g/mol. The minimum atomic E-state index is -0.169. The van der Waals surface area contributed by atoms with Crippen LogP contribution in [0.25, 0.3) is 98.8 Å². The Kier molecular flexibility index (Phi) is 6.65. The van der Waals surface area contributed by atoms with Gasteiger partial charge in [-0.1, -0.05) is 146 Å². The van der Waals surface area contributed by atoms with Crippen molar-refractivity contribution in [2.75, 3.05) is 4.90 Å². The Balaban J connectivity index is 1.04. The van der Waals surface area contributed by atoms with Crippen LogP contribution in [0.1, 0.15) is 5.48 Å². The highest BCUT2D eigenvalue weighted by molar-refractivity contribution is 6.19. The fourth-order valence-electron chi connectivity index (χ4n) is 8.70. The third kappa shape index (κ3) is 5.51. The Morgan fingerprint density at radius 2 is 0.983 bits per heavy atom. The Bertz CT molecular complexity index is 3780. The summed E-state index contributed by atoms with van der Waals surface area (Å²) in [5, 5.41) is 8.00. The van der Waals surface area contributed by atoms with Crippen LogP contribution in [0.5, 0.6) is 0 Å². The molecule has 0 fully saturated rings. The molecule has 2 heterocycles. The summed E-state index contributed by atoms with van der Waals surface area (Å²) >= 11 is 0. The number of para-hydroxylation sites is 1. The van der Waals surface area contributed by atoms with Crippen molar-refractivity contribution in [3.05, 3.63) is 212 Å².